The number of hydrogen-bond acceptors (Lipinski definition) is 3. The molecule has 1 aromatic carbocycles. The van der Waals surface area contributed by atoms with Crippen LogP contribution in [0.2, 0.25) is 0 Å². The summed E-state index contributed by atoms with van der Waals surface area (Å²) in [6.45, 7) is 3.65. The molecule has 0 radical (unpaired) electrons. The molecular weight excluding hydrogens is 218 g/mol. The Morgan fingerprint density at radius 3 is 2.29 bits per heavy atom. The third kappa shape index (κ3) is 4.00. The van der Waals surface area contributed by atoms with Gasteiger partial charge >= 0.3 is 5.97 Å². The number of carboxylic acid groups (broad SMARTS) is 1. The zero-order chi connectivity index (χ0) is 12.8. The van der Waals surface area contributed by atoms with E-state index in [0.29, 0.717) is 5.56 Å². The Morgan fingerprint density at radius 1 is 1.24 bits per heavy atom. The summed E-state index contributed by atoms with van der Waals surface area (Å²) in [7, 11) is 0. The van der Waals surface area contributed by atoms with Gasteiger partial charge in [-0.25, -0.2) is 0 Å². The summed E-state index contributed by atoms with van der Waals surface area (Å²) in [4.78, 5) is 22.7. The average Bonchev–Trinajstić information content (AvgIpc) is 2.29. The first kappa shape index (κ1) is 13.4. The van der Waals surface area contributed by atoms with Crippen molar-refractivity contribution in [3.8, 4) is 0 Å². The standard InChI is InChI=1S/C13H17NO3/c1-9(2)12(13(16)17)14-8-11(15)10-6-4-3-5-7-10/h3-7,9,12,14H,8H2,1-2H3,(H,16,17)/t12-/m1/s1. The largest absolute Gasteiger partial charge is 0.480 e. The third-order valence-electron chi connectivity index (χ3n) is 2.51. The van der Waals surface area contributed by atoms with Crippen LogP contribution >= 0.6 is 0 Å². The molecule has 0 saturated heterocycles. The molecule has 4 nitrogen and oxygen atoms in total. The molecule has 1 rings (SSSR count). The van der Waals surface area contributed by atoms with Gasteiger partial charge in [0.1, 0.15) is 6.04 Å². The molecule has 4 heteroatoms. The molecular formula is C13H17NO3. The highest BCUT2D eigenvalue weighted by molar-refractivity contribution is 5.97. The minimum atomic E-state index is -0.930. The Morgan fingerprint density at radius 2 is 1.82 bits per heavy atom. The maximum atomic E-state index is 11.7. The molecule has 2 N–H and O–H groups in total. The minimum Gasteiger partial charge on any atom is -0.480 e. The first-order valence-corrected chi connectivity index (χ1v) is 5.57. The maximum absolute atomic E-state index is 11.7. The molecule has 0 aliphatic rings. The molecule has 0 fully saturated rings. The van der Waals surface area contributed by atoms with E-state index in [-0.39, 0.29) is 18.2 Å². The topological polar surface area (TPSA) is 66.4 Å². The summed E-state index contributed by atoms with van der Waals surface area (Å²) in [5, 5.41) is 11.7. The number of aliphatic carboxylic acids is 1. The molecule has 0 aliphatic heterocycles. The van der Waals surface area contributed by atoms with E-state index < -0.39 is 12.0 Å². The van der Waals surface area contributed by atoms with Crippen molar-refractivity contribution in [2.45, 2.75) is 19.9 Å². The van der Waals surface area contributed by atoms with Crippen LogP contribution in [0.15, 0.2) is 30.3 Å². The lowest BCUT2D eigenvalue weighted by molar-refractivity contribution is -0.140. The number of rotatable bonds is 6. The van der Waals surface area contributed by atoms with E-state index in [2.05, 4.69) is 5.32 Å². The number of carbonyl (C=O) groups excluding carboxylic acids is 1. The average molecular weight is 235 g/mol. The van der Waals surface area contributed by atoms with Crippen LogP contribution in [0.3, 0.4) is 0 Å². The number of ketones is 1. The van der Waals surface area contributed by atoms with E-state index in [1.807, 2.05) is 6.07 Å². The van der Waals surface area contributed by atoms with E-state index in [9.17, 15) is 9.59 Å². The van der Waals surface area contributed by atoms with Crippen LogP contribution in [0, 0.1) is 5.92 Å². The predicted molar refractivity (Wildman–Crippen MR) is 65.0 cm³/mol. The SMILES string of the molecule is CC(C)[C@@H](NCC(=O)c1ccccc1)C(=O)O. The molecule has 0 unspecified atom stereocenters. The molecule has 1 atom stereocenters. The summed E-state index contributed by atoms with van der Waals surface area (Å²) in [5.74, 6) is -1.09. The summed E-state index contributed by atoms with van der Waals surface area (Å²) in [6, 6.07) is 8.14. The number of carbonyl (C=O) groups is 2. The van der Waals surface area contributed by atoms with Crippen LogP contribution in [-0.2, 0) is 4.79 Å². The highest BCUT2D eigenvalue weighted by Gasteiger charge is 2.21. The van der Waals surface area contributed by atoms with Crippen molar-refractivity contribution in [2.75, 3.05) is 6.54 Å². The van der Waals surface area contributed by atoms with Gasteiger partial charge in [-0.2, -0.15) is 0 Å². The second kappa shape index (κ2) is 6.15. The fourth-order valence-corrected chi connectivity index (χ4v) is 1.54. The van der Waals surface area contributed by atoms with Crippen molar-refractivity contribution < 1.29 is 14.7 Å². The molecule has 17 heavy (non-hydrogen) atoms. The highest BCUT2D eigenvalue weighted by Crippen LogP contribution is 2.03. The van der Waals surface area contributed by atoms with Crippen molar-refractivity contribution in [2.24, 2.45) is 5.92 Å². The van der Waals surface area contributed by atoms with Crippen LogP contribution in [-0.4, -0.2) is 29.4 Å². The van der Waals surface area contributed by atoms with Gasteiger partial charge in [-0.15, -0.1) is 0 Å². The molecule has 0 saturated carbocycles. The van der Waals surface area contributed by atoms with Gasteiger partial charge < -0.3 is 5.11 Å². The zero-order valence-electron chi connectivity index (χ0n) is 10.0. The van der Waals surface area contributed by atoms with Gasteiger partial charge in [0.25, 0.3) is 0 Å². The normalized spacial score (nSPS) is 12.4. The van der Waals surface area contributed by atoms with Crippen LogP contribution in [0.1, 0.15) is 24.2 Å². The Labute approximate surface area is 101 Å². The summed E-state index contributed by atoms with van der Waals surface area (Å²) >= 11 is 0. The third-order valence-corrected chi connectivity index (χ3v) is 2.51. The van der Waals surface area contributed by atoms with E-state index in [1.165, 1.54) is 0 Å². The highest BCUT2D eigenvalue weighted by atomic mass is 16.4. The van der Waals surface area contributed by atoms with E-state index in [0.717, 1.165) is 0 Å². The van der Waals surface area contributed by atoms with Crippen LogP contribution in [0.4, 0.5) is 0 Å². The fourth-order valence-electron chi connectivity index (χ4n) is 1.54. The van der Waals surface area contributed by atoms with Gasteiger partial charge in [-0.1, -0.05) is 44.2 Å². The molecule has 0 aromatic heterocycles. The lowest BCUT2D eigenvalue weighted by atomic mass is 10.0. The quantitative estimate of drug-likeness (QED) is 0.734. The Kier molecular flexibility index (Phi) is 4.84. The molecule has 0 amide bonds. The maximum Gasteiger partial charge on any atom is 0.320 e. The van der Waals surface area contributed by atoms with Gasteiger partial charge in [0.15, 0.2) is 5.78 Å². The van der Waals surface area contributed by atoms with Gasteiger partial charge in [0, 0.05) is 5.56 Å². The molecule has 0 aliphatic carbocycles. The van der Waals surface area contributed by atoms with Gasteiger partial charge in [-0.3, -0.25) is 14.9 Å². The van der Waals surface area contributed by atoms with E-state index >= 15 is 0 Å². The smallest absolute Gasteiger partial charge is 0.320 e. The number of nitrogens with one attached hydrogen (secondary N) is 1. The van der Waals surface area contributed by atoms with Crippen molar-refractivity contribution in [3.63, 3.8) is 0 Å². The first-order valence-electron chi connectivity index (χ1n) is 5.57. The van der Waals surface area contributed by atoms with Crippen molar-refractivity contribution in [3.05, 3.63) is 35.9 Å². The second-order valence-corrected chi connectivity index (χ2v) is 4.23. The molecule has 1 aromatic rings. The minimum absolute atomic E-state index is 0.0408. The zero-order valence-corrected chi connectivity index (χ0v) is 10.0. The Balaban J connectivity index is 2.56. The number of carboxylic acids is 1. The van der Waals surface area contributed by atoms with E-state index in [4.69, 9.17) is 5.11 Å². The Bertz CT molecular complexity index is 387. The van der Waals surface area contributed by atoms with Crippen molar-refractivity contribution in [1.29, 1.82) is 0 Å². The van der Waals surface area contributed by atoms with Gasteiger partial charge in [0.05, 0.1) is 6.54 Å². The van der Waals surface area contributed by atoms with Crippen molar-refractivity contribution >= 4 is 11.8 Å². The number of hydrogen-bond donors (Lipinski definition) is 2. The molecule has 0 bridgehead atoms. The van der Waals surface area contributed by atoms with Crippen molar-refractivity contribution in [1.82, 2.24) is 5.32 Å². The van der Waals surface area contributed by atoms with Gasteiger partial charge in [0.2, 0.25) is 0 Å². The number of benzene rings is 1. The van der Waals surface area contributed by atoms with Gasteiger partial charge in [-0.05, 0) is 5.92 Å². The fraction of sp³-hybridized carbons (Fsp3) is 0.385. The second-order valence-electron chi connectivity index (χ2n) is 4.23. The Hall–Kier alpha value is -1.68. The molecule has 0 spiro atoms. The lowest BCUT2D eigenvalue weighted by Gasteiger charge is -2.17. The summed E-state index contributed by atoms with van der Waals surface area (Å²) in [6.07, 6.45) is 0. The number of Topliss-reactive ketones (excluding diaryl/α,β-unsaturated/α-hetero) is 1. The summed E-state index contributed by atoms with van der Waals surface area (Å²) in [5.41, 5.74) is 0.591. The first-order chi connectivity index (χ1) is 8.02. The van der Waals surface area contributed by atoms with E-state index in [1.54, 1.807) is 38.1 Å². The molecule has 0 heterocycles. The van der Waals surface area contributed by atoms with Crippen LogP contribution < -0.4 is 5.32 Å². The summed E-state index contributed by atoms with van der Waals surface area (Å²) < 4.78 is 0. The lowest BCUT2D eigenvalue weighted by Crippen LogP contribution is -2.43. The molecule has 92 valence electrons. The van der Waals surface area contributed by atoms with Crippen LogP contribution in [0.25, 0.3) is 0 Å². The van der Waals surface area contributed by atoms with Crippen LogP contribution in [0.5, 0.6) is 0 Å². The predicted octanol–water partition coefficient (Wildman–Crippen LogP) is 1.57. The monoisotopic (exact) mass is 235 g/mol.